The number of anilines is 2. The maximum Gasteiger partial charge on any atom is 0.170 e. The van der Waals surface area contributed by atoms with E-state index in [0.717, 1.165) is 0 Å². The van der Waals surface area contributed by atoms with Gasteiger partial charge in [-0.1, -0.05) is 5.16 Å². The molecule has 5 heteroatoms. The Morgan fingerprint density at radius 3 is 2.42 bits per heavy atom. The Kier molecular flexibility index (Phi) is 2.05. The summed E-state index contributed by atoms with van der Waals surface area (Å²) < 4.78 is 0. The van der Waals surface area contributed by atoms with Gasteiger partial charge in [0.25, 0.3) is 0 Å². The molecular weight excluding hydrogens is 156 g/mol. The van der Waals surface area contributed by atoms with Crippen molar-refractivity contribution >= 4 is 17.2 Å². The van der Waals surface area contributed by atoms with E-state index in [-0.39, 0.29) is 5.84 Å². The largest absolute Gasteiger partial charge is 0.409 e. The zero-order valence-electron chi connectivity index (χ0n) is 6.36. The summed E-state index contributed by atoms with van der Waals surface area (Å²) in [6.07, 6.45) is 0. The van der Waals surface area contributed by atoms with Crippen molar-refractivity contribution in [1.29, 1.82) is 0 Å². The molecule has 0 aromatic heterocycles. The zero-order valence-corrected chi connectivity index (χ0v) is 6.36. The summed E-state index contributed by atoms with van der Waals surface area (Å²) in [4.78, 5) is 0. The van der Waals surface area contributed by atoms with Crippen molar-refractivity contribution in [2.24, 2.45) is 10.9 Å². The van der Waals surface area contributed by atoms with Gasteiger partial charge < -0.3 is 22.4 Å². The van der Waals surface area contributed by atoms with Crippen LogP contribution in [0.4, 0.5) is 11.4 Å². The summed E-state index contributed by atoms with van der Waals surface area (Å²) in [5, 5.41) is 11.2. The van der Waals surface area contributed by atoms with Crippen molar-refractivity contribution in [2.45, 2.75) is 0 Å². The average Bonchev–Trinajstić information content (AvgIpc) is 2.08. The van der Waals surface area contributed by atoms with E-state index in [4.69, 9.17) is 22.4 Å². The number of oxime groups is 1. The van der Waals surface area contributed by atoms with E-state index in [2.05, 4.69) is 5.16 Å². The van der Waals surface area contributed by atoms with Crippen LogP contribution in [-0.2, 0) is 0 Å². The number of nitrogens with two attached hydrogens (primary N) is 3. The standard InChI is InChI=1S/C7H10N4O/c8-5-2-1-4(3-6(5)9)7(10)11-12/h1-3,12H,8-9H2,(H2,10,11). The van der Waals surface area contributed by atoms with E-state index >= 15 is 0 Å². The first-order valence-corrected chi connectivity index (χ1v) is 3.28. The van der Waals surface area contributed by atoms with Crippen LogP contribution in [0.3, 0.4) is 0 Å². The van der Waals surface area contributed by atoms with E-state index in [1.807, 2.05) is 0 Å². The van der Waals surface area contributed by atoms with Gasteiger partial charge in [0.05, 0.1) is 11.4 Å². The minimum Gasteiger partial charge on any atom is -0.409 e. The SMILES string of the molecule is N/C(=N/O)c1ccc(N)c(N)c1. The molecule has 1 rings (SSSR count). The van der Waals surface area contributed by atoms with Crippen LogP contribution in [0.15, 0.2) is 23.4 Å². The number of amidine groups is 1. The Morgan fingerprint density at radius 1 is 1.25 bits per heavy atom. The molecule has 0 fully saturated rings. The quantitative estimate of drug-likeness (QED) is 0.154. The summed E-state index contributed by atoms with van der Waals surface area (Å²) >= 11 is 0. The second-order valence-electron chi connectivity index (χ2n) is 2.33. The highest BCUT2D eigenvalue weighted by molar-refractivity contribution is 5.98. The van der Waals surface area contributed by atoms with Gasteiger partial charge in [0.15, 0.2) is 5.84 Å². The predicted octanol–water partition coefficient (Wildman–Crippen LogP) is -0.0545. The van der Waals surface area contributed by atoms with Gasteiger partial charge >= 0.3 is 0 Å². The molecule has 0 heterocycles. The van der Waals surface area contributed by atoms with Crippen LogP contribution in [0, 0.1) is 0 Å². The molecule has 0 bridgehead atoms. The number of rotatable bonds is 1. The van der Waals surface area contributed by atoms with Crippen LogP contribution in [0.5, 0.6) is 0 Å². The molecule has 1 aromatic carbocycles. The molecule has 5 nitrogen and oxygen atoms in total. The maximum absolute atomic E-state index is 8.34. The lowest BCUT2D eigenvalue weighted by Gasteiger charge is -2.02. The molecule has 0 unspecified atom stereocenters. The van der Waals surface area contributed by atoms with E-state index in [9.17, 15) is 0 Å². The highest BCUT2D eigenvalue weighted by Gasteiger charge is 2.00. The molecular formula is C7H10N4O. The summed E-state index contributed by atoms with van der Waals surface area (Å²) in [5.74, 6) is 0.0155. The van der Waals surface area contributed by atoms with Gasteiger partial charge in [-0.15, -0.1) is 0 Å². The Hall–Kier alpha value is -1.91. The molecule has 0 aliphatic heterocycles. The smallest absolute Gasteiger partial charge is 0.170 e. The molecule has 0 atom stereocenters. The lowest BCUT2D eigenvalue weighted by molar-refractivity contribution is 0.318. The third-order valence-corrected chi connectivity index (χ3v) is 1.49. The van der Waals surface area contributed by atoms with Crippen LogP contribution in [0.25, 0.3) is 0 Å². The molecule has 64 valence electrons. The van der Waals surface area contributed by atoms with Crippen molar-refractivity contribution in [3.05, 3.63) is 23.8 Å². The second-order valence-corrected chi connectivity index (χ2v) is 2.33. The average molecular weight is 166 g/mol. The third kappa shape index (κ3) is 1.39. The minimum absolute atomic E-state index is 0.0155. The van der Waals surface area contributed by atoms with E-state index < -0.39 is 0 Å². The van der Waals surface area contributed by atoms with Gasteiger partial charge in [0.1, 0.15) is 0 Å². The van der Waals surface area contributed by atoms with Crippen molar-refractivity contribution in [2.75, 3.05) is 11.5 Å². The number of hydrogen-bond acceptors (Lipinski definition) is 4. The van der Waals surface area contributed by atoms with Gasteiger partial charge in [0, 0.05) is 5.56 Å². The third-order valence-electron chi connectivity index (χ3n) is 1.49. The van der Waals surface area contributed by atoms with Gasteiger partial charge in [0.2, 0.25) is 0 Å². The van der Waals surface area contributed by atoms with Gasteiger partial charge in [-0.25, -0.2) is 0 Å². The Balaban J connectivity index is 3.13. The Morgan fingerprint density at radius 2 is 1.92 bits per heavy atom. The van der Waals surface area contributed by atoms with Gasteiger partial charge in [-0.05, 0) is 18.2 Å². The summed E-state index contributed by atoms with van der Waals surface area (Å²) in [6.45, 7) is 0. The molecule has 0 aliphatic carbocycles. The molecule has 12 heavy (non-hydrogen) atoms. The number of benzene rings is 1. The normalized spacial score (nSPS) is 11.5. The number of nitrogens with zero attached hydrogens (tertiary/aromatic N) is 1. The molecule has 0 radical (unpaired) electrons. The van der Waals surface area contributed by atoms with Gasteiger partial charge in [-0.2, -0.15) is 0 Å². The highest BCUT2D eigenvalue weighted by Crippen LogP contribution is 2.15. The summed E-state index contributed by atoms with van der Waals surface area (Å²) in [5.41, 5.74) is 17.7. The Labute approximate surface area is 69.5 Å². The fraction of sp³-hybridized carbons (Fsp3) is 0. The first kappa shape index (κ1) is 8.19. The molecule has 0 aliphatic rings. The van der Waals surface area contributed by atoms with Crippen LogP contribution in [-0.4, -0.2) is 11.0 Å². The molecule has 1 aromatic rings. The minimum atomic E-state index is 0.0155. The molecule has 0 amide bonds. The van der Waals surface area contributed by atoms with E-state index in [1.54, 1.807) is 18.2 Å². The Bertz CT molecular complexity index is 321. The summed E-state index contributed by atoms with van der Waals surface area (Å²) in [6, 6.07) is 4.77. The van der Waals surface area contributed by atoms with Crippen molar-refractivity contribution in [1.82, 2.24) is 0 Å². The molecule has 0 saturated heterocycles. The van der Waals surface area contributed by atoms with Crippen LogP contribution >= 0.6 is 0 Å². The van der Waals surface area contributed by atoms with Crippen molar-refractivity contribution < 1.29 is 5.21 Å². The van der Waals surface area contributed by atoms with E-state index in [1.165, 1.54) is 0 Å². The lowest BCUT2D eigenvalue weighted by Crippen LogP contribution is -2.13. The highest BCUT2D eigenvalue weighted by atomic mass is 16.4. The fourth-order valence-corrected chi connectivity index (χ4v) is 0.792. The number of hydrogen-bond donors (Lipinski definition) is 4. The number of nitrogen functional groups attached to an aromatic ring is 2. The topological polar surface area (TPSA) is 111 Å². The first-order chi connectivity index (χ1) is 5.65. The predicted molar refractivity (Wildman–Crippen MR) is 47.8 cm³/mol. The molecule has 7 N–H and O–H groups in total. The van der Waals surface area contributed by atoms with Gasteiger partial charge in [-0.3, -0.25) is 0 Å². The van der Waals surface area contributed by atoms with Crippen molar-refractivity contribution in [3.63, 3.8) is 0 Å². The second kappa shape index (κ2) is 3.00. The fourth-order valence-electron chi connectivity index (χ4n) is 0.792. The summed E-state index contributed by atoms with van der Waals surface area (Å²) in [7, 11) is 0. The monoisotopic (exact) mass is 166 g/mol. The molecule has 0 saturated carbocycles. The first-order valence-electron chi connectivity index (χ1n) is 3.28. The van der Waals surface area contributed by atoms with Crippen LogP contribution in [0.1, 0.15) is 5.56 Å². The van der Waals surface area contributed by atoms with Crippen LogP contribution < -0.4 is 17.2 Å². The van der Waals surface area contributed by atoms with E-state index in [0.29, 0.717) is 16.9 Å². The maximum atomic E-state index is 8.34. The lowest BCUT2D eigenvalue weighted by atomic mass is 10.1. The van der Waals surface area contributed by atoms with Crippen molar-refractivity contribution in [3.8, 4) is 0 Å². The van der Waals surface area contributed by atoms with Crippen LogP contribution in [0.2, 0.25) is 0 Å². The zero-order chi connectivity index (χ0) is 9.14. The molecule has 0 spiro atoms.